The quantitative estimate of drug-likeness (QED) is 0.752. The van der Waals surface area contributed by atoms with Gasteiger partial charge < -0.3 is 15.4 Å². The molecule has 0 aromatic heterocycles. The van der Waals surface area contributed by atoms with Crippen molar-refractivity contribution in [1.82, 2.24) is 5.32 Å². The summed E-state index contributed by atoms with van der Waals surface area (Å²) in [6.07, 6.45) is 10.5. The van der Waals surface area contributed by atoms with Gasteiger partial charge >= 0.3 is 5.97 Å². The molecule has 29 heavy (non-hydrogen) atoms. The van der Waals surface area contributed by atoms with Crippen molar-refractivity contribution in [2.45, 2.75) is 82.3 Å². The summed E-state index contributed by atoms with van der Waals surface area (Å²) < 4.78 is 5.63. The van der Waals surface area contributed by atoms with Crippen LogP contribution < -0.4 is 10.6 Å². The third kappa shape index (κ3) is 4.46. The van der Waals surface area contributed by atoms with Gasteiger partial charge in [0.05, 0.1) is 12.3 Å². The lowest BCUT2D eigenvalue weighted by Gasteiger charge is -2.36. The molecule has 0 bridgehead atoms. The summed E-state index contributed by atoms with van der Waals surface area (Å²) in [4.78, 5) is 37.3. The van der Waals surface area contributed by atoms with E-state index in [1.54, 1.807) is 24.3 Å². The summed E-state index contributed by atoms with van der Waals surface area (Å²) in [6, 6.07) is 7.24. The molecule has 3 aliphatic rings. The Bertz CT molecular complexity index is 762. The van der Waals surface area contributed by atoms with Crippen LogP contribution in [0.5, 0.6) is 0 Å². The largest absolute Gasteiger partial charge is 0.458 e. The molecule has 2 amide bonds. The second-order valence-corrected chi connectivity index (χ2v) is 8.73. The molecule has 4 rings (SSSR count). The second kappa shape index (κ2) is 8.56. The number of carbonyl (C=O) groups is 3. The molecule has 1 spiro atoms. The van der Waals surface area contributed by atoms with Crippen LogP contribution in [0.3, 0.4) is 0 Å². The van der Waals surface area contributed by atoms with E-state index in [4.69, 9.17) is 4.74 Å². The van der Waals surface area contributed by atoms with Crippen molar-refractivity contribution in [2.75, 3.05) is 5.32 Å². The minimum Gasteiger partial charge on any atom is -0.458 e. The van der Waals surface area contributed by atoms with Gasteiger partial charge in [0, 0.05) is 17.3 Å². The Morgan fingerprint density at radius 1 is 0.931 bits per heavy atom. The van der Waals surface area contributed by atoms with Gasteiger partial charge in [-0.15, -0.1) is 0 Å². The zero-order valence-electron chi connectivity index (χ0n) is 16.9. The van der Waals surface area contributed by atoms with Crippen molar-refractivity contribution in [3.63, 3.8) is 0 Å². The van der Waals surface area contributed by atoms with Gasteiger partial charge in [-0.25, -0.2) is 0 Å². The third-order valence-electron chi connectivity index (χ3n) is 6.69. The lowest BCUT2D eigenvalue weighted by Crippen LogP contribution is -2.43. The number of nitrogens with one attached hydrogen (secondary N) is 2. The summed E-state index contributed by atoms with van der Waals surface area (Å²) in [5, 5.41) is 6.02. The molecule has 6 nitrogen and oxygen atoms in total. The van der Waals surface area contributed by atoms with Crippen molar-refractivity contribution in [2.24, 2.45) is 5.92 Å². The predicted octanol–water partition coefficient (Wildman–Crippen LogP) is 3.95. The predicted molar refractivity (Wildman–Crippen MR) is 109 cm³/mol. The number of ether oxygens (including phenoxy) is 1. The fraction of sp³-hybridized carbons (Fsp3) is 0.609. The average Bonchev–Trinajstić information content (AvgIpc) is 3.05. The number of hydrogen-bond donors (Lipinski definition) is 2. The van der Waals surface area contributed by atoms with Crippen LogP contribution in [0.15, 0.2) is 24.3 Å². The van der Waals surface area contributed by atoms with Gasteiger partial charge in [0.25, 0.3) is 5.91 Å². The zero-order chi connectivity index (χ0) is 20.3. The number of benzene rings is 1. The molecule has 2 saturated carbocycles. The number of esters is 1. The van der Waals surface area contributed by atoms with Gasteiger partial charge in [0.1, 0.15) is 5.60 Å². The van der Waals surface area contributed by atoms with E-state index in [2.05, 4.69) is 10.6 Å². The minimum absolute atomic E-state index is 0.0641. The Balaban J connectivity index is 1.37. The molecule has 1 atom stereocenters. The molecule has 1 aliphatic heterocycles. The Morgan fingerprint density at radius 3 is 2.28 bits per heavy atom. The third-order valence-corrected chi connectivity index (χ3v) is 6.69. The van der Waals surface area contributed by atoms with Gasteiger partial charge in [0.15, 0.2) is 0 Å². The number of amides is 2. The molecule has 156 valence electrons. The van der Waals surface area contributed by atoms with Gasteiger partial charge in [-0.1, -0.05) is 25.7 Å². The number of carbonyl (C=O) groups excluding carboxylic acids is 3. The van der Waals surface area contributed by atoms with E-state index in [1.807, 2.05) is 0 Å². The monoisotopic (exact) mass is 398 g/mol. The summed E-state index contributed by atoms with van der Waals surface area (Å²) >= 11 is 0. The van der Waals surface area contributed by atoms with Gasteiger partial charge in [-0.05, 0) is 62.8 Å². The van der Waals surface area contributed by atoms with Crippen LogP contribution in [0, 0.1) is 5.92 Å². The lowest BCUT2D eigenvalue weighted by molar-refractivity contribution is -0.153. The summed E-state index contributed by atoms with van der Waals surface area (Å²) in [5.41, 5.74) is 0.602. The molecule has 2 aliphatic carbocycles. The molecule has 1 aromatic rings. The van der Waals surface area contributed by atoms with Crippen LogP contribution >= 0.6 is 0 Å². The molecule has 6 heteroatoms. The molecule has 1 unspecified atom stereocenters. The maximum absolute atomic E-state index is 12.9. The van der Waals surface area contributed by atoms with Crippen molar-refractivity contribution in [1.29, 1.82) is 0 Å². The van der Waals surface area contributed by atoms with E-state index in [0.717, 1.165) is 44.9 Å². The first-order valence-corrected chi connectivity index (χ1v) is 11.0. The summed E-state index contributed by atoms with van der Waals surface area (Å²) in [7, 11) is 0. The van der Waals surface area contributed by atoms with Crippen LogP contribution in [0.25, 0.3) is 0 Å². The maximum Gasteiger partial charge on any atom is 0.307 e. The van der Waals surface area contributed by atoms with Crippen molar-refractivity contribution in [3.05, 3.63) is 29.8 Å². The highest BCUT2D eigenvalue weighted by molar-refractivity contribution is 5.98. The fourth-order valence-electron chi connectivity index (χ4n) is 5.07. The van der Waals surface area contributed by atoms with E-state index < -0.39 is 11.5 Å². The van der Waals surface area contributed by atoms with Crippen LogP contribution in [0.4, 0.5) is 5.69 Å². The molecular formula is C23H30N2O4. The van der Waals surface area contributed by atoms with Crippen LogP contribution in [-0.4, -0.2) is 29.4 Å². The van der Waals surface area contributed by atoms with Crippen LogP contribution in [-0.2, 0) is 14.3 Å². The summed E-state index contributed by atoms with van der Waals surface area (Å²) in [5.74, 6) is -0.950. The molecule has 2 N–H and O–H groups in total. The van der Waals surface area contributed by atoms with Crippen molar-refractivity contribution in [3.8, 4) is 0 Å². The number of hydrogen-bond acceptors (Lipinski definition) is 4. The van der Waals surface area contributed by atoms with Crippen LogP contribution in [0.1, 0.15) is 81.0 Å². The molecule has 1 heterocycles. The Kier molecular flexibility index (Phi) is 5.88. The minimum atomic E-state index is -0.626. The SMILES string of the molecule is O=C1CC(C(=O)Nc2ccc(C(=O)NC3CCCCC3)cc2)C2(CCCCC2)O1. The standard InChI is InChI=1S/C23H30N2O4/c26-20-15-19(23(29-20)13-5-2-6-14-23)22(28)25-18-11-9-16(10-12-18)21(27)24-17-7-3-1-4-8-17/h9-12,17,19H,1-8,13-15H2,(H,24,27)(H,25,28). The first kappa shape index (κ1) is 19.9. The van der Waals surface area contributed by atoms with Gasteiger partial charge in [0.2, 0.25) is 5.91 Å². The van der Waals surface area contributed by atoms with Crippen LogP contribution in [0.2, 0.25) is 0 Å². The molecule has 0 radical (unpaired) electrons. The maximum atomic E-state index is 12.9. The van der Waals surface area contributed by atoms with E-state index in [0.29, 0.717) is 11.3 Å². The topological polar surface area (TPSA) is 84.5 Å². The van der Waals surface area contributed by atoms with Gasteiger partial charge in [-0.3, -0.25) is 14.4 Å². The Hall–Kier alpha value is -2.37. The zero-order valence-corrected chi connectivity index (χ0v) is 16.9. The first-order valence-electron chi connectivity index (χ1n) is 11.0. The smallest absolute Gasteiger partial charge is 0.307 e. The molecular weight excluding hydrogens is 368 g/mol. The molecule has 1 aromatic carbocycles. The average molecular weight is 399 g/mol. The van der Waals surface area contributed by atoms with E-state index in [-0.39, 0.29) is 30.2 Å². The summed E-state index contributed by atoms with van der Waals surface area (Å²) in [6.45, 7) is 0. The molecule has 3 fully saturated rings. The van der Waals surface area contributed by atoms with E-state index in [9.17, 15) is 14.4 Å². The van der Waals surface area contributed by atoms with E-state index >= 15 is 0 Å². The number of anilines is 1. The van der Waals surface area contributed by atoms with Crippen molar-refractivity contribution < 1.29 is 19.1 Å². The Morgan fingerprint density at radius 2 is 1.59 bits per heavy atom. The fourth-order valence-corrected chi connectivity index (χ4v) is 5.07. The normalized spacial score (nSPS) is 24.1. The lowest BCUT2D eigenvalue weighted by atomic mass is 9.75. The Labute approximate surface area is 171 Å². The molecule has 1 saturated heterocycles. The second-order valence-electron chi connectivity index (χ2n) is 8.73. The highest BCUT2D eigenvalue weighted by atomic mass is 16.6. The van der Waals surface area contributed by atoms with E-state index in [1.165, 1.54) is 19.3 Å². The van der Waals surface area contributed by atoms with Crippen molar-refractivity contribution >= 4 is 23.5 Å². The first-order chi connectivity index (χ1) is 14.1. The highest BCUT2D eigenvalue weighted by Crippen LogP contribution is 2.44. The highest BCUT2D eigenvalue weighted by Gasteiger charge is 2.52. The number of rotatable bonds is 4. The van der Waals surface area contributed by atoms with Gasteiger partial charge in [-0.2, -0.15) is 0 Å².